The van der Waals surface area contributed by atoms with E-state index in [2.05, 4.69) is 118 Å². The van der Waals surface area contributed by atoms with Gasteiger partial charge in [-0.05, 0) is 97.8 Å². The van der Waals surface area contributed by atoms with Crippen LogP contribution in [0.1, 0.15) is 0 Å². The van der Waals surface area contributed by atoms with E-state index in [1.54, 1.807) is 0 Å². The summed E-state index contributed by atoms with van der Waals surface area (Å²) in [6, 6.07) is 25.9. The van der Waals surface area contributed by atoms with E-state index in [0.717, 1.165) is 0 Å². The van der Waals surface area contributed by atoms with E-state index in [9.17, 15) is 0 Å². The molecule has 0 saturated heterocycles. The summed E-state index contributed by atoms with van der Waals surface area (Å²) in [6.45, 7) is 0. The highest BCUT2D eigenvalue weighted by Gasteiger charge is 2.02. The van der Waals surface area contributed by atoms with Gasteiger partial charge in [0, 0.05) is 7.14 Å². The van der Waals surface area contributed by atoms with Gasteiger partial charge < -0.3 is 0 Å². The van der Waals surface area contributed by atoms with Gasteiger partial charge in [0.15, 0.2) is 0 Å². The van der Waals surface area contributed by atoms with Gasteiger partial charge in [-0.2, -0.15) is 0 Å². The van der Waals surface area contributed by atoms with Crippen molar-refractivity contribution in [3.05, 3.63) is 79.9 Å². The topological polar surface area (TPSA) is 0 Å². The molecule has 0 atom stereocenters. The lowest BCUT2D eigenvalue weighted by molar-refractivity contribution is 1.56. The van der Waals surface area contributed by atoms with E-state index < -0.39 is 0 Å². The number of benzene rings is 3. The molecule has 0 radical (unpaired) electrons. The summed E-state index contributed by atoms with van der Waals surface area (Å²) in [6.07, 6.45) is 0. The Kier molecular flexibility index (Phi) is 4.41. The molecule has 3 aromatic carbocycles. The standard InChI is InChI=1S/C18H12I2/c19-17-8-2-6-15(11-17)13-4-1-5-14(10-13)16-7-3-9-18(20)12-16/h1-12H. The van der Waals surface area contributed by atoms with E-state index in [1.165, 1.54) is 29.4 Å². The maximum absolute atomic E-state index is 2.36. The highest BCUT2D eigenvalue weighted by molar-refractivity contribution is 14.1. The third-order valence-electron chi connectivity index (χ3n) is 3.18. The Balaban J connectivity index is 2.06. The van der Waals surface area contributed by atoms with Crippen LogP contribution < -0.4 is 0 Å². The lowest BCUT2D eigenvalue weighted by atomic mass is 9.99. The molecule has 0 aliphatic rings. The summed E-state index contributed by atoms with van der Waals surface area (Å²) < 4.78 is 2.53. The van der Waals surface area contributed by atoms with Crippen molar-refractivity contribution in [2.24, 2.45) is 0 Å². The molecule has 3 aromatic rings. The molecule has 0 heterocycles. The van der Waals surface area contributed by atoms with Gasteiger partial charge >= 0.3 is 0 Å². The van der Waals surface area contributed by atoms with Crippen molar-refractivity contribution in [2.45, 2.75) is 0 Å². The van der Waals surface area contributed by atoms with Crippen LogP contribution in [0.15, 0.2) is 72.8 Å². The highest BCUT2D eigenvalue weighted by atomic mass is 127. The second-order valence-corrected chi connectivity index (χ2v) is 7.09. The molecule has 0 N–H and O–H groups in total. The summed E-state index contributed by atoms with van der Waals surface area (Å²) in [7, 11) is 0. The van der Waals surface area contributed by atoms with E-state index in [0.29, 0.717) is 0 Å². The van der Waals surface area contributed by atoms with Gasteiger partial charge in [0.25, 0.3) is 0 Å². The molecule has 0 aromatic heterocycles. The predicted molar refractivity (Wildman–Crippen MR) is 103 cm³/mol. The fourth-order valence-electron chi connectivity index (χ4n) is 2.21. The van der Waals surface area contributed by atoms with Crippen molar-refractivity contribution >= 4 is 45.2 Å². The molecule has 0 unspecified atom stereocenters. The summed E-state index contributed by atoms with van der Waals surface area (Å²) in [5.41, 5.74) is 5.06. The Morgan fingerprint density at radius 3 is 1.20 bits per heavy atom. The van der Waals surface area contributed by atoms with Crippen LogP contribution in [-0.2, 0) is 0 Å². The molecule has 0 spiro atoms. The summed E-state index contributed by atoms with van der Waals surface area (Å²) in [5.74, 6) is 0. The third-order valence-corrected chi connectivity index (χ3v) is 4.52. The third kappa shape index (κ3) is 3.23. The second kappa shape index (κ2) is 6.26. The molecular formula is C18H12I2. The van der Waals surface area contributed by atoms with Crippen molar-refractivity contribution in [2.75, 3.05) is 0 Å². The zero-order chi connectivity index (χ0) is 13.9. The summed E-state index contributed by atoms with van der Waals surface area (Å²) in [5, 5.41) is 0. The molecular weight excluding hydrogens is 470 g/mol. The average Bonchev–Trinajstić information content (AvgIpc) is 2.47. The van der Waals surface area contributed by atoms with Crippen LogP contribution in [-0.4, -0.2) is 0 Å². The zero-order valence-electron chi connectivity index (χ0n) is 10.7. The van der Waals surface area contributed by atoms with Gasteiger partial charge in [-0.3, -0.25) is 0 Å². The first kappa shape index (κ1) is 14.1. The molecule has 0 nitrogen and oxygen atoms in total. The Morgan fingerprint density at radius 1 is 0.450 bits per heavy atom. The zero-order valence-corrected chi connectivity index (χ0v) is 15.0. The largest absolute Gasteiger partial charge is 0.0610 e. The van der Waals surface area contributed by atoms with Gasteiger partial charge in [-0.15, -0.1) is 0 Å². The molecule has 0 fully saturated rings. The minimum atomic E-state index is 1.26. The lowest BCUT2D eigenvalue weighted by Gasteiger charge is -2.07. The van der Waals surface area contributed by atoms with Crippen LogP contribution in [0.3, 0.4) is 0 Å². The first-order valence-electron chi connectivity index (χ1n) is 6.34. The number of hydrogen-bond donors (Lipinski definition) is 0. The normalized spacial score (nSPS) is 10.5. The molecule has 2 heteroatoms. The number of rotatable bonds is 2. The first-order chi connectivity index (χ1) is 9.72. The van der Waals surface area contributed by atoms with Crippen molar-refractivity contribution in [1.29, 1.82) is 0 Å². The molecule has 0 amide bonds. The van der Waals surface area contributed by atoms with Gasteiger partial charge in [0.05, 0.1) is 0 Å². The second-order valence-electron chi connectivity index (χ2n) is 4.60. The smallest absolute Gasteiger partial charge is 0.0136 e. The van der Waals surface area contributed by atoms with Crippen LogP contribution in [0.25, 0.3) is 22.3 Å². The quantitative estimate of drug-likeness (QED) is 0.380. The predicted octanol–water partition coefficient (Wildman–Crippen LogP) is 6.23. The van der Waals surface area contributed by atoms with Crippen LogP contribution >= 0.6 is 45.2 Å². The first-order valence-corrected chi connectivity index (χ1v) is 8.50. The van der Waals surface area contributed by atoms with Crippen LogP contribution in [0.4, 0.5) is 0 Å². The van der Waals surface area contributed by atoms with E-state index in [1.807, 2.05) is 0 Å². The average molecular weight is 482 g/mol. The van der Waals surface area contributed by atoms with Crippen molar-refractivity contribution in [3.8, 4) is 22.3 Å². The molecule has 0 bridgehead atoms. The molecule has 20 heavy (non-hydrogen) atoms. The van der Waals surface area contributed by atoms with Crippen LogP contribution in [0, 0.1) is 7.14 Å². The van der Waals surface area contributed by atoms with Crippen molar-refractivity contribution < 1.29 is 0 Å². The van der Waals surface area contributed by atoms with Crippen LogP contribution in [0.5, 0.6) is 0 Å². The molecule has 0 saturated carbocycles. The van der Waals surface area contributed by atoms with Gasteiger partial charge in [-0.25, -0.2) is 0 Å². The number of hydrogen-bond acceptors (Lipinski definition) is 0. The lowest BCUT2D eigenvalue weighted by Crippen LogP contribution is -1.83. The minimum absolute atomic E-state index is 1.26. The van der Waals surface area contributed by atoms with Crippen molar-refractivity contribution in [3.63, 3.8) is 0 Å². The van der Waals surface area contributed by atoms with Gasteiger partial charge in [0.2, 0.25) is 0 Å². The summed E-state index contributed by atoms with van der Waals surface area (Å²) >= 11 is 4.71. The fraction of sp³-hybridized carbons (Fsp3) is 0. The van der Waals surface area contributed by atoms with Gasteiger partial charge in [-0.1, -0.05) is 42.5 Å². The summed E-state index contributed by atoms with van der Waals surface area (Å²) in [4.78, 5) is 0. The monoisotopic (exact) mass is 482 g/mol. The minimum Gasteiger partial charge on any atom is -0.0610 e. The molecule has 0 aliphatic carbocycles. The SMILES string of the molecule is Ic1cccc(-c2cccc(-c3cccc(I)c3)c2)c1. The van der Waals surface area contributed by atoms with E-state index in [4.69, 9.17) is 0 Å². The Morgan fingerprint density at radius 2 is 0.800 bits per heavy atom. The Hall–Kier alpha value is -0.880. The molecule has 98 valence electrons. The van der Waals surface area contributed by atoms with Gasteiger partial charge in [0.1, 0.15) is 0 Å². The van der Waals surface area contributed by atoms with Crippen LogP contribution in [0.2, 0.25) is 0 Å². The Labute approximate surface area is 146 Å². The molecule has 0 aliphatic heterocycles. The van der Waals surface area contributed by atoms with E-state index in [-0.39, 0.29) is 0 Å². The van der Waals surface area contributed by atoms with Crippen molar-refractivity contribution in [1.82, 2.24) is 0 Å². The number of halogens is 2. The van der Waals surface area contributed by atoms with E-state index >= 15 is 0 Å². The fourth-order valence-corrected chi connectivity index (χ4v) is 3.30. The highest BCUT2D eigenvalue weighted by Crippen LogP contribution is 2.27. The Bertz CT molecular complexity index is 687. The maximum atomic E-state index is 2.36. The molecule has 3 rings (SSSR count). The maximum Gasteiger partial charge on any atom is 0.0136 e.